The topological polar surface area (TPSA) is 58.9 Å². The lowest BCUT2D eigenvalue weighted by Gasteiger charge is -2.20. The second-order valence-electron chi connectivity index (χ2n) is 7.53. The molecule has 1 aliphatic carbocycles. The van der Waals surface area contributed by atoms with Crippen molar-refractivity contribution < 1.29 is 9.59 Å². The highest BCUT2D eigenvalue weighted by Gasteiger charge is 2.44. The fourth-order valence-corrected chi connectivity index (χ4v) is 3.86. The molecule has 1 aliphatic rings. The number of carbonyl (C=O) groups is 2. The Morgan fingerprint density at radius 2 is 1.27 bits per heavy atom. The maximum atomic E-state index is 13.9. The Morgan fingerprint density at radius 3 is 1.80 bits per heavy atom. The molecule has 30 heavy (non-hydrogen) atoms. The van der Waals surface area contributed by atoms with Gasteiger partial charge in [-0.05, 0) is 25.0 Å². The standard InChI is InChI=1S/C26H22N2O2/c1-17(2)27-28-24-20-15-9-10-16-21(20)25(29)23(24)26(30)22(18-11-5-3-6-12-18)19-13-7-4-8-14-19/h3-16,22-23H,1-2H3/b28-24-. The minimum Gasteiger partial charge on any atom is -0.297 e. The summed E-state index contributed by atoms with van der Waals surface area (Å²) in [4.78, 5) is 27.2. The summed E-state index contributed by atoms with van der Waals surface area (Å²) in [6.45, 7) is 3.67. The van der Waals surface area contributed by atoms with Crippen molar-refractivity contribution in [2.75, 3.05) is 0 Å². The molecule has 0 aromatic heterocycles. The van der Waals surface area contributed by atoms with Crippen molar-refractivity contribution in [3.05, 3.63) is 107 Å². The van der Waals surface area contributed by atoms with Crippen LogP contribution >= 0.6 is 0 Å². The molecule has 1 unspecified atom stereocenters. The van der Waals surface area contributed by atoms with Gasteiger partial charge < -0.3 is 0 Å². The van der Waals surface area contributed by atoms with Gasteiger partial charge in [0.15, 0.2) is 11.6 Å². The highest BCUT2D eigenvalue weighted by atomic mass is 16.2. The SMILES string of the molecule is CC(C)=N/N=C1/c2ccccc2C(=O)C1C(=O)C(c1ccccc1)c1ccccc1. The van der Waals surface area contributed by atoms with Crippen molar-refractivity contribution in [2.45, 2.75) is 19.8 Å². The van der Waals surface area contributed by atoms with Crippen LogP contribution in [0.2, 0.25) is 0 Å². The Morgan fingerprint density at radius 1 is 0.767 bits per heavy atom. The van der Waals surface area contributed by atoms with Gasteiger partial charge in [-0.2, -0.15) is 10.2 Å². The van der Waals surface area contributed by atoms with E-state index in [-0.39, 0.29) is 11.6 Å². The zero-order valence-corrected chi connectivity index (χ0v) is 16.9. The summed E-state index contributed by atoms with van der Waals surface area (Å²) in [6, 6.07) is 26.4. The Hall–Kier alpha value is -3.66. The van der Waals surface area contributed by atoms with Crippen LogP contribution < -0.4 is 0 Å². The van der Waals surface area contributed by atoms with E-state index in [1.54, 1.807) is 12.1 Å². The quantitative estimate of drug-likeness (QED) is 0.344. The van der Waals surface area contributed by atoms with Crippen molar-refractivity contribution in [3.8, 4) is 0 Å². The Labute approximate surface area is 176 Å². The van der Waals surface area contributed by atoms with Crippen LogP contribution in [0, 0.1) is 5.92 Å². The van der Waals surface area contributed by atoms with E-state index < -0.39 is 11.8 Å². The monoisotopic (exact) mass is 394 g/mol. The average Bonchev–Trinajstić information content (AvgIpc) is 3.06. The maximum absolute atomic E-state index is 13.9. The fourth-order valence-electron chi connectivity index (χ4n) is 3.86. The fraction of sp³-hybridized carbons (Fsp3) is 0.154. The van der Waals surface area contributed by atoms with Crippen molar-refractivity contribution in [1.82, 2.24) is 0 Å². The van der Waals surface area contributed by atoms with Gasteiger partial charge in [0.25, 0.3) is 0 Å². The van der Waals surface area contributed by atoms with Crippen LogP contribution in [0.15, 0.2) is 95.1 Å². The van der Waals surface area contributed by atoms with E-state index in [4.69, 9.17) is 0 Å². The third-order valence-corrected chi connectivity index (χ3v) is 5.20. The normalized spacial score (nSPS) is 16.6. The maximum Gasteiger partial charge on any atom is 0.180 e. The van der Waals surface area contributed by atoms with Crippen molar-refractivity contribution in [1.29, 1.82) is 0 Å². The molecule has 0 amide bonds. The van der Waals surface area contributed by atoms with Crippen molar-refractivity contribution in [2.24, 2.45) is 16.1 Å². The van der Waals surface area contributed by atoms with E-state index in [1.807, 2.05) is 86.6 Å². The van der Waals surface area contributed by atoms with Gasteiger partial charge in [0.2, 0.25) is 0 Å². The number of Topliss-reactive ketones (excluding diaryl/α,β-unsaturated/α-hetero) is 2. The first kappa shape index (κ1) is 19.6. The number of ketones is 2. The number of carbonyl (C=O) groups excluding carboxylic acids is 2. The van der Waals surface area contributed by atoms with E-state index in [2.05, 4.69) is 10.2 Å². The molecule has 1 atom stereocenters. The van der Waals surface area contributed by atoms with Crippen LogP contribution in [0.5, 0.6) is 0 Å². The highest BCUT2D eigenvalue weighted by molar-refractivity contribution is 6.38. The Kier molecular flexibility index (Phi) is 5.48. The van der Waals surface area contributed by atoms with Gasteiger partial charge in [-0.25, -0.2) is 0 Å². The third kappa shape index (κ3) is 3.64. The number of fused-ring (bicyclic) bond motifs is 1. The molecular weight excluding hydrogens is 372 g/mol. The van der Waals surface area contributed by atoms with Crippen LogP contribution in [0.25, 0.3) is 0 Å². The predicted molar refractivity (Wildman–Crippen MR) is 119 cm³/mol. The average molecular weight is 394 g/mol. The summed E-state index contributed by atoms with van der Waals surface area (Å²) in [5, 5.41) is 8.53. The number of nitrogens with zero attached hydrogens (tertiary/aromatic N) is 2. The van der Waals surface area contributed by atoms with Gasteiger partial charge in [0.1, 0.15) is 5.92 Å². The zero-order valence-electron chi connectivity index (χ0n) is 16.9. The number of rotatable bonds is 5. The molecule has 0 aliphatic heterocycles. The molecule has 0 fully saturated rings. The largest absolute Gasteiger partial charge is 0.297 e. The van der Waals surface area contributed by atoms with Crippen LogP contribution in [-0.2, 0) is 4.79 Å². The summed E-state index contributed by atoms with van der Waals surface area (Å²) < 4.78 is 0. The molecule has 3 aromatic carbocycles. The molecule has 4 rings (SSSR count). The van der Waals surface area contributed by atoms with Crippen LogP contribution in [0.3, 0.4) is 0 Å². The number of hydrogen-bond donors (Lipinski definition) is 0. The molecule has 0 N–H and O–H groups in total. The van der Waals surface area contributed by atoms with Gasteiger partial charge in [-0.15, -0.1) is 0 Å². The van der Waals surface area contributed by atoms with Gasteiger partial charge in [-0.1, -0.05) is 84.9 Å². The molecule has 0 saturated carbocycles. The molecule has 0 heterocycles. The van der Waals surface area contributed by atoms with Crippen molar-refractivity contribution >= 4 is 23.0 Å². The lowest BCUT2D eigenvalue weighted by molar-refractivity contribution is -0.120. The van der Waals surface area contributed by atoms with Crippen LogP contribution in [-0.4, -0.2) is 23.0 Å². The van der Waals surface area contributed by atoms with Crippen LogP contribution in [0.1, 0.15) is 46.8 Å². The Balaban J connectivity index is 1.86. The lowest BCUT2D eigenvalue weighted by atomic mass is 9.80. The smallest absolute Gasteiger partial charge is 0.180 e. The van der Waals surface area contributed by atoms with E-state index in [1.165, 1.54) is 0 Å². The number of hydrogen-bond acceptors (Lipinski definition) is 4. The molecule has 148 valence electrons. The van der Waals surface area contributed by atoms with E-state index in [0.717, 1.165) is 16.8 Å². The van der Waals surface area contributed by atoms with E-state index in [0.29, 0.717) is 16.8 Å². The van der Waals surface area contributed by atoms with Gasteiger partial charge in [0.05, 0.1) is 11.6 Å². The second-order valence-corrected chi connectivity index (χ2v) is 7.53. The molecule has 4 heteroatoms. The van der Waals surface area contributed by atoms with Gasteiger partial charge in [-0.3, -0.25) is 9.59 Å². The van der Waals surface area contributed by atoms with Gasteiger partial charge in [0, 0.05) is 16.8 Å². The summed E-state index contributed by atoms with van der Waals surface area (Å²) in [7, 11) is 0. The first-order valence-corrected chi connectivity index (χ1v) is 9.94. The molecule has 0 saturated heterocycles. The summed E-state index contributed by atoms with van der Waals surface area (Å²) >= 11 is 0. The Bertz CT molecular complexity index is 1100. The number of benzene rings is 3. The minimum absolute atomic E-state index is 0.184. The van der Waals surface area contributed by atoms with Gasteiger partial charge >= 0.3 is 0 Å². The molecule has 0 radical (unpaired) electrons. The molecule has 3 aromatic rings. The summed E-state index contributed by atoms with van der Waals surface area (Å²) in [5.74, 6) is -1.94. The lowest BCUT2D eigenvalue weighted by Crippen LogP contribution is -2.31. The molecule has 0 bridgehead atoms. The van der Waals surface area contributed by atoms with Crippen molar-refractivity contribution in [3.63, 3.8) is 0 Å². The zero-order chi connectivity index (χ0) is 21.1. The first-order chi connectivity index (χ1) is 14.6. The third-order valence-electron chi connectivity index (χ3n) is 5.20. The summed E-state index contributed by atoms with van der Waals surface area (Å²) in [6.07, 6.45) is 0. The second kappa shape index (κ2) is 8.37. The predicted octanol–water partition coefficient (Wildman–Crippen LogP) is 5.09. The molecular formula is C26H22N2O2. The highest BCUT2D eigenvalue weighted by Crippen LogP contribution is 2.35. The van der Waals surface area contributed by atoms with E-state index in [9.17, 15) is 9.59 Å². The van der Waals surface area contributed by atoms with E-state index >= 15 is 0 Å². The first-order valence-electron chi connectivity index (χ1n) is 9.94. The molecule has 4 nitrogen and oxygen atoms in total. The molecule has 0 spiro atoms. The summed E-state index contributed by atoms with van der Waals surface area (Å²) in [5.41, 5.74) is 4.11. The minimum atomic E-state index is -0.976. The van der Waals surface area contributed by atoms with Crippen LogP contribution in [0.4, 0.5) is 0 Å².